The summed E-state index contributed by atoms with van der Waals surface area (Å²) in [5.74, 6) is 0. The molecule has 0 bridgehead atoms. The third-order valence-corrected chi connectivity index (χ3v) is 3.06. The summed E-state index contributed by atoms with van der Waals surface area (Å²) in [7, 11) is 1.98. The van der Waals surface area contributed by atoms with Gasteiger partial charge in [-0.3, -0.25) is 0 Å². The molecule has 0 radical (unpaired) electrons. The number of hydrogen-bond donors (Lipinski definition) is 1. The van der Waals surface area contributed by atoms with Gasteiger partial charge in [0.1, 0.15) is 0 Å². The largest absolute Gasteiger partial charge is 0.461 e. The molecule has 0 amide bonds. The van der Waals surface area contributed by atoms with Gasteiger partial charge in [0.2, 0.25) is 0 Å². The van der Waals surface area contributed by atoms with Crippen LogP contribution >= 0.6 is 11.9 Å². The lowest BCUT2D eigenvalue weighted by atomic mass is 10.1. The van der Waals surface area contributed by atoms with Gasteiger partial charge in [-0.1, -0.05) is 13.8 Å². The Kier molecular flexibility index (Phi) is 5.19. The van der Waals surface area contributed by atoms with Gasteiger partial charge in [-0.15, -0.1) is 0 Å². The van der Waals surface area contributed by atoms with E-state index in [0.717, 1.165) is 24.2 Å². The minimum absolute atomic E-state index is 0.231. The van der Waals surface area contributed by atoms with Gasteiger partial charge < -0.3 is 9.62 Å². The Morgan fingerprint density at radius 1 is 1.28 bits per heavy atom. The molecule has 0 aliphatic carbocycles. The topological polar surface area (TPSA) is 15.3 Å². The van der Waals surface area contributed by atoms with E-state index < -0.39 is 5.51 Å². The minimum atomic E-state index is -4.25. The molecule has 0 atom stereocenters. The van der Waals surface area contributed by atoms with Crippen LogP contribution in [0.2, 0.25) is 0 Å². The lowest BCUT2D eigenvalue weighted by Gasteiger charge is -2.13. The third kappa shape index (κ3) is 4.01. The monoisotopic (exact) mass is 278 g/mol. The van der Waals surface area contributed by atoms with E-state index in [9.17, 15) is 13.2 Å². The van der Waals surface area contributed by atoms with Gasteiger partial charge in [0.05, 0.1) is 11.9 Å². The van der Waals surface area contributed by atoms with Crippen molar-refractivity contribution in [1.29, 1.82) is 0 Å². The summed E-state index contributed by atoms with van der Waals surface area (Å²) in [6.07, 6.45) is 0.887. The molecule has 1 aliphatic rings. The van der Waals surface area contributed by atoms with E-state index in [0.29, 0.717) is 5.69 Å². The van der Waals surface area contributed by atoms with E-state index in [1.165, 1.54) is 0 Å². The highest BCUT2D eigenvalue weighted by atomic mass is 32.2. The Balaban J connectivity index is 0.000000771. The Bertz CT molecular complexity index is 393. The number of alkyl halides is 3. The number of fused-ring (bicyclic) bond motifs is 1. The number of anilines is 2. The molecule has 0 fully saturated rings. The average molecular weight is 278 g/mol. The van der Waals surface area contributed by atoms with Gasteiger partial charge in [0.15, 0.2) is 0 Å². The molecule has 0 aromatic heterocycles. The summed E-state index contributed by atoms with van der Waals surface area (Å²) in [6, 6.07) is 5.29. The molecule has 1 aromatic carbocycles. The molecule has 2 nitrogen and oxygen atoms in total. The normalized spacial score (nSPS) is 13.8. The fraction of sp³-hybridized carbons (Fsp3) is 0.500. The molecule has 0 spiro atoms. The van der Waals surface area contributed by atoms with Crippen molar-refractivity contribution in [3.63, 3.8) is 0 Å². The van der Waals surface area contributed by atoms with E-state index >= 15 is 0 Å². The van der Waals surface area contributed by atoms with Crippen LogP contribution in [0.3, 0.4) is 0 Å². The van der Waals surface area contributed by atoms with Crippen LogP contribution in [-0.2, 0) is 6.42 Å². The molecule has 102 valence electrons. The van der Waals surface area contributed by atoms with Gasteiger partial charge >= 0.3 is 5.51 Å². The van der Waals surface area contributed by atoms with Crippen molar-refractivity contribution in [2.75, 3.05) is 23.2 Å². The van der Waals surface area contributed by atoms with Crippen molar-refractivity contribution in [3.05, 3.63) is 23.8 Å². The van der Waals surface area contributed by atoms with E-state index in [-0.39, 0.29) is 11.9 Å². The second-order valence-electron chi connectivity index (χ2n) is 3.66. The molecule has 18 heavy (non-hydrogen) atoms. The first-order chi connectivity index (χ1) is 8.46. The molecule has 1 aliphatic heterocycles. The quantitative estimate of drug-likeness (QED) is 0.813. The Morgan fingerprint density at radius 2 is 1.94 bits per heavy atom. The summed E-state index contributed by atoms with van der Waals surface area (Å²) >= 11 is -0.231. The minimum Gasteiger partial charge on any atom is -0.374 e. The first kappa shape index (κ1) is 15.0. The number of halogens is 3. The molecule has 1 aromatic rings. The van der Waals surface area contributed by atoms with Gasteiger partial charge in [-0.05, 0) is 30.2 Å². The second-order valence-corrected chi connectivity index (χ2v) is 4.54. The van der Waals surface area contributed by atoms with E-state index in [4.69, 9.17) is 0 Å². The predicted molar refractivity (Wildman–Crippen MR) is 72.0 cm³/mol. The number of likely N-dealkylation sites (N-methyl/N-ethyl adjacent to an activating group) is 1. The Labute approximate surface area is 110 Å². The van der Waals surface area contributed by atoms with Gasteiger partial charge in [0.25, 0.3) is 0 Å². The number of rotatable bonds is 2. The molecule has 2 rings (SSSR count). The molecular formula is C12H17F3N2S. The van der Waals surface area contributed by atoms with E-state index in [1.54, 1.807) is 12.1 Å². The lowest BCUT2D eigenvalue weighted by molar-refractivity contribution is -0.0323. The molecule has 1 heterocycles. The summed E-state index contributed by atoms with van der Waals surface area (Å²) < 4.78 is 38.2. The predicted octanol–water partition coefficient (Wildman–Crippen LogP) is 4.29. The van der Waals surface area contributed by atoms with E-state index in [1.807, 2.05) is 27.0 Å². The van der Waals surface area contributed by atoms with Gasteiger partial charge in [-0.25, -0.2) is 0 Å². The standard InChI is InChI=1S/C10H11F3N2S.C2H6/c1-15-5-4-7-6-8(2-3-9(7)15)14-16-10(11,12)13;1-2/h2-3,6,14H,4-5H2,1H3;1-2H3. The van der Waals surface area contributed by atoms with Crippen LogP contribution in [0.25, 0.3) is 0 Å². The zero-order valence-corrected chi connectivity index (χ0v) is 11.5. The third-order valence-electron chi connectivity index (χ3n) is 2.49. The maximum atomic E-state index is 12.0. The first-order valence-corrected chi connectivity index (χ1v) is 6.62. The SMILES string of the molecule is CC.CN1CCc2cc(NSC(F)(F)F)ccc21. The van der Waals surface area contributed by atoms with Crippen molar-refractivity contribution in [2.45, 2.75) is 25.8 Å². The molecule has 0 saturated heterocycles. The fourth-order valence-electron chi connectivity index (χ4n) is 1.75. The zero-order valence-electron chi connectivity index (χ0n) is 10.6. The fourth-order valence-corrected chi connectivity index (χ4v) is 2.11. The zero-order chi connectivity index (χ0) is 13.8. The highest BCUT2D eigenvalue weighted by molar-refractivity contribution is 8.01. The van der Waals surface area contributed by atoms with Crippen LogP contribution in [0.15, 0.2) is 18.2 Å². The van der Waals surface area contributed by atoms with Gasteiger partial charge in [0, 0.05) is 25.0 Å². The molecular weight excluding hydrogens is 261 g/mol. The molecule has 0 saturated carbocycles. The summed E-state index contributed by atoms with van der Waals surface area (Å²) in [5, 5.41) is 0. The van der Waals surface area contributed by atoms with Crippen molar-refractivity contribution in [1.82, 2.24) is 0 Å². The highest BCUT2D eigenvalue weighted by Gasteiger charge is 2.29. The summed E-state index contributed by atoms with van der Waals surface area (Å²) in [6.45, 7) is 4.92. The van der Waals surface area contributed by atoms with Crippen LogP contribution in [0, 0.1) is 0 Å². The van der Waals surface area contributed by atoms with Crippen LogP contribution in [-0.4, -0.2) is 19.1 Å². The Morgan fingerprint density at radius 3 is 2.56 bits per heavy atom. The number of benzene rings is 1. The van der Waals surface area contributed by atoms with Gasteiger partial charge in [-0.2, -0.15) is 13.2 Å². The first-order valence-electron chi connectivity index (χ1n) is 5.80. The Hall–Kier alpha value is -1.04. The van der Waals surface area contributed by atoms with Crippen molar-refractivity contribution in [2.24, 2.45) is 0 Å². The molecule has 0 unspecified atom stereocenters. The summed E-state index contributed by atoms with van der Waals surface area (Å²) in [4.78, 5) is 2.09. The van der Waals surface area contributed by atoms with Crippen LogP contribution in [0.1, 0.15) is 19.4 Å². The molecule has 6 heteroatoms. The number of nitrogens with zero attached hydrogens (tertiary/aromatic N) is 1. The van der Waals surface area contributed by atoms with Crippen molar-refractivity contribution >= 4 is 23.3 Å². The maximum Gasteiger partial charge on any atom is 0.461 e. The highest BCUT2D eigenvalue weighted by Crippen LogP contribution is 2.34. The smallest absolute Gasteiger partial charge is 0.374 e. The average Bonchev–Trinajstić information content (AvgIpc) is 2.70. The second kappa shape index (κ2) is 6.22. The maximum absolute atomic E-state index is 12.0. The van der Waals surface area contributed by atoms with E-state index in [2.05, 4.69) is 9.62 Å². The van der Waals surface area contributed by atoms with Crippen molar-refractivity contribution in [3.8, 4) is 0 Å². The van der Waals surface area contributed by atoms with Crippen molar-refractivity contribution < 1.29 is 13.2 Å². The number of hydrogen-bond acceptors (Lipinski definition) is 3. The summed E-state index contributed by atoms with van der Waals surface area (Å²) in [5.41, 5.74) is -1.57. The lowest BCUT2D eigenvalue weighted by Crippen LogP contribution is -2.12. The van der Waals surface area contributed by atoms with Crippen LogP contribution < -0.4 is 9.62 Å². The van der Waals surface area contributed by atoms with Crippen LogP contribution in [0.5, 0.6) is 0 Å². The number of nitrogens with one attached hydrogen (secondary N) is 1. The molecule has 1 N–H and O–H groups in total. The van der Waals surface area contributed by atoms with Crippen LogP contribution in [0.4, 0.5) is 24.5 Å².